The maximum atomic E-state index is 12.6. The summed E-state index contributed by atoms with van der Waals surface area (Å²) in [5.41, 5.74) is 4.71. The maximum absolute atomic E-state index is 12.6. The van der Waals surface area contributed by atoms with Crippen LogP contribution in [0.5, 0.6) is 0 Å². The summed E-state index contributed by atoms with van der Waals surface area (Å²) in [5.74, 6) is 0. The van der Waals surface area contributed by atoms with Gasteiger partial charge < -0.3 is 10.6 Å². The normalized spacial score (nSPS) is 10.8. The Bertz CT molecular complexity index is 2030. The Morgan fingerprint density at radius 1 is 0.630 bits per heavy atom. The van der Waals surface area contributed by atoms with Gasteiger partial charge in [-0.1, -0.05) is 85.3 Å². The smallest absolute Gasteiger partial charge is 0.355 e. The third-order valence-corrected chi connectivity index (χ3v) is 8.44. The molecule has 0 aliphatic rings. The van der Waals surface area contributed by atoms with E-state index in [1.54, 1.807) is 6.07 Å². The Kier molecular flexibility index (Phi) is 15.4. The Morgan fingerprint density at radius 3 is 1.65 bits per heavy atom. The first-order valence-corrected chi connectivity index (χ1v) is 15.4. The van der Waals surface area contributed by atoms with Crippen LogP contribution in [-0.4, -0.2) is 20.1 Å². The van der Waals surface area contributed by atoms with E-state index in [-0.39, 0.29) is 115 Å². The molecule has 0 fully saturated rings. The molecule has 0 bridgehead atoms. The number of fused-ring (bicyclic) bond motifs is 2. The van der Waals surface area contributed by atoms with Crippen molar-refractivity contribution in [3.8, 4) is 11.1 Å². The maximum Gasteiger partial charge on any atom is 1.00 e. The van der Waals surface area contributed by atoms with Gasteiger partial charge in [-0.25, -0.2) is 4.89 Å². The molecule has 0 aromatic heterocycles. The minimum absolute atomic E-state index is 0. The minimum atomic E-state index is -4.54. The summed E-state index contributed by atoms with van der Waals surface area (Å²) < 4.78 is 40.6. The number of hydrogen-bond acceptors (Lipinski definition) is 8. The zero-order valence-corrected chi connectivity index (χ0v) is 32.7. The molecule has 0 aliphatic carbocycles. The molecular weight excluding hydrogens is 675 g/mol. The average Bonchev–Trinajstić information content (AvgIpc) is 3.02. The van der Waals surface area contributed by atoms with Crippen molar-refractivity contribution < 1.29 is 130 Å². The Labute approximate surface area is 358 Å². The van der Waals surface area contributed by atoms with Crippen molar-refractivity contribution in [2.24, 2.45) is 0 Å². The second-order valence-corrected chi connectivity index (χ2v) is 11.7. The van der Waals surface area contributed by atoms with Gasteiger partial charge in [0.15, 0.2) is 0 Å². The zero-order valence-electron chi connectivity index (χ0n) is 24.9. The van der Waals surface area contributed by atoms with E-state index in [2.05, 4.69) is 20.6 Å². The van der Waals surface area contributed by atoms with Crippen LogP contribution in [0.3, 0.4) is 0 Å². The molecule has 0 unspecified atom stereocenters. The first-order valence-electron chi connectivity index (χ1n) is 13.2. The van der Waals surface area contributed by atoms with Gasteiger partial charge in [0.25, 0.3) is 10.1 Å². The minimum Gasteiger partial charge on any atom is -0.355 e. The fraction of sp³-hybridized carbons (Fsp3) is 0.0588. The molecule has 0 saturated carbocycles. The van der Waals surface area contributed by atoms with E-state index in [9.17, 15) is 13.0 Å². The van der Waals surface area contributed by atoms with Crippen molar-refractivity contribution in [3.63, 3.8) is 0 Å². The SMILES string of the molecule is C.COOOSc1cccc2c(-c3ccc(Nc4ccccc4)c4c(S(=O)(=O)O)cccc34)ccc(Nc3ccccc3)c12.[K+].[K+]. The molecule has 6 aromatic carbocycles. The van der Waals surface area contributed by atoms with E-state index < -0.39 is 10.1 Å². The van der Waals surface area contributed by atoms with E-state index in [1.165, 1.54) is 13.2 Å². The van der Waals surface area contributed by atoms with Crippen molar-refractivity contribution in [2.75, 3.05) is 17.7 Å². The monoisotopic (exact) mass is 704 g/mol. The van der Waals surface area contributed by atoms with Crippen LogP contribution in [0.15, 0.2) is 131 Å². The molecule has 8 nitrogen and oxygen atoms in total. The molecule has 6 aromatic rings. The Balaban J connectivity index is 0.00000192. The van der Waals surface area contributed by atoms with Crippen LogP contribution in [0.4, 0.5) is 22.7 Å². The molecule has 0 amide bonds. The fourth-order valence-electron chi connectivity index (χ4n) is 5.14. The molecule has 6 rings (SSSR count). The van der Waals surface area contributed by atoms with Gasteiger partial charge in [-0.2, -0.15) is 8.42 Å². The van der Waals surface area contributed by atoms with Crippen LogP contribution in [0, 0.1) is 0 Å². The largest absolute Gasteiger partial charge is 1.00 e. The van der Waals surface area contributed by atoms with Crippen molar-refractivity contribution in [1.29, 1.82) is 0 Å². The summed E-state index contributed by atoms with van der Waals surface area (Å²) in [4.78, 5) is 5.18. The van der Waals surface area contributed by atoms with Gasteiger partial charge in [-0.3, -0.25) is 4.55 Å². The summed E-state index contributed by atoms with van der Waals surface area (Å²) in [6.45, 7) is 0. The van der Waals surface area contributed by atoms with Gasteiger partial charge >= 0.3 is 103 Å². The number of nitrogens with one attached hydrogen (secondary N) is 2. The second-order valence-electron chi connectivity index (χ2n) is 9.52. The van der Waals surface area contributed by atoms with Crippen molar-refractivity contribution in [1.82, 2.24) is 0 Å². The summed E-state index contributed by atoms with van der Waals surface area (Å²) >= 11 is 1.01. The molecular formula is C34H30K2N2O6S2+2. The van der Waals surface area contributed by atoms with E-state index >= 15 is 0 Å². The van der Waals surface area contributed by atoms with Crippen molar-refractivity contribution in [3.05, 3.63) is 121 Å². The molecule has 0 radical (unpaired) electrons. The van der Waals surface area contributed by atoms with Crippen LogP contribution in [0.25, 0.3) is 32.7 Å². The molecule has 0 saturated heterocycles. The first kappa shape index (κ1) is 39.3. The molecule has 0 spiro atoms. The van der Waals surface area contributed by atoms with E-state index in [4.69, 9.17) is 4.33 Å². The fourth-order valence-corrected chi connectivity index (χ4v) is 6.46. The zero-order chi connectivity index (χ0) is 29.8. The van der Waals surface area contributed by atoms with Crippen LogP contribution in [0.2, 0.25) is 0 Å². The standard InChI is InChI=1S/C33H26N2O6S2.CH4.2K/c1-39-40-41-42-30-16-8-14-26-24(18-20-28(32(26)30)34-22-10-4-2-5-11-22)25-19-21-29(35-23-12-6-3-7-13-23)33-27(25)15-9-17-31(33)43(36,37)38;;;/h2-21,34-35H,1H3,(H,36,37,38);1H4;;/q;;2*+1. The second kappa shape index (κ2) is 18.0. The molecule has 0 atom stereocenters. The van der Waals surface area contributed by atoms with Gasteiger partial charge in [0.2, 0.25) is 0 Å². The summed E-state index contributed by atoms with van der Waals surface area (Å²) in [5, 5.41) is 14.3. The summed E-state index contributed by atoms with van der Waals surface area (Å²) in [6.07, 6.45) is 0. The number of anilines is 4. The van der Waals surface area contributed by atoms with E-state index in [0.29, 0.717) is 16.5 Å². The predicted molar refractivity (Wildman–Crippen MR) is 178 cm³/mol. The summed E-state index contributed by atoms with van der Waals surface area (Å²) in [7, 11) is -3.19. The first-order chi connectivity index (χ1) is 20.9. The van der Waals surface area contributed by atoms with Crippen molar-refractivity contribution >= 4 is 66.5 Å². The van der Waals surface area contributed by atoms with E-state index in [0.717, 1.165) is 55.9 Å². The number of rotatable bonds is 10. The van der Waals surface area contributed by atoms with Crippen LogP contribution < -0.4 is 113 Å². The van der Waals surface area contributed by atoms with Gasteiger partial charge in [-0.15, -0.1) is 4.33 Å². The van der Waals surface area contributed by atoms with Gasteiger partial charge in [-0.05, 0) is 70.4 Å². The van der Waals surface area contributed by atoms with Gasteiger partial charge in [0.1, 0.15) is 4.90 Å². The number of hydrogen-bond donors (Lipinski definition) is 3. The Morgan fingerprint density at radius 2 is 1.13 bits per heavy atom. The summed E-state index contributed by atoms with van der Waals surface area (Å²) in [6, 6.07) is 37.7. The van der Waals surface area contributed by atoms with E-state index in [1.807, 2.05) is 109 Å². The number of benzene rings is 6. The predicted octanol–water partition coefficient (Wildman–Crippen LogP) is 3.55. The molecule has 0 heterocycles. The van der Waals surface area contributed by atoms with Crippen molar-refractivity contribution in [2.45, 2.75) is 17.2 Å². The van der Waals surface area contributed by atoms with Gasteiger partial charge in [0, 0.05) is 38.4 Å². The van der Waals surface area contributed by atoms with Crippen LogP contribution in [-0.2, 0) is 24.4 Å². The molecule has 224 valence electrons. The van der Waals surface area contributed by atoms with Crippen LogP contribution in [0.1, 0.15) is 7.43 Å². The molecule has 46 heavy (non-hydrogen) atoms. The molecule has 12 heteroatoms. The third kappa shape index (κ3) is 8.90. The topological polar surface area (TPSA) is 106 Å². The third-order valence-electron chi connectivity index (χ3n) is 6.90. The Hall–Kier alpha value is -1.15. The van der Waals surface area contributed by atoms with Gasteiger partial charge in [0.05, 0.1) is 19.2 Å². The average molecular weight is 705 g/mol. The molecule has 0 aliphatic heterocycles. The number of para-hydroxylation sites is 2. The molecule has 3 N–H and O–H groups in total. The van der Waals surface area contributed by atoms with Crippen LogP contribution >= 0.6 is 12.0 Å². The quantitative estimate of drug-likeness (QED) is 0.0494.